The zero-order chi connectivity index (χ0) is 18.1. The highest BCUT2D eigenvalue weighted by molar-refractivity contribution is 6.30. The van der Waals surface area contributed by atoms with Gasteiger partial charge in [-0.15, -0.1) is 0 Å². The molecule has 128 valence electrons. The van der Waals surface area contributed by atoms with E-state index < -0.39 is 17.9 Å². The molecule has 0 radical (unpaired) electrons. The second-order valence-electron chi connectivity index (χ2n) is 5.67. The normalized spacial score (nSPS) is 12.4. The van der Waals surface area contributed by atoms with Gasteiger partial charge in [-0.2, -0.15) is 5.26 Å². The maximum absolute atomic E-state index is 12.0. The Labute approximate surface area is 146 Å². The number of carboxylic acids is 1. The van der Waals surface area contributed by atoms with E-state index in [1.807, 2.05) is 13.8 Å². The van der Waals surface area contributed by atoms with Crippen LogP contribution in [0.4, 0.5) is 0 Å². The van der Waals surface area contributed by atoms with Crippen molar-refractivity contribution >= 4 is 23.5 Å². The molecule has 0 spiro atoms. The lowest BCUT2D eigenvalue weighted by Gasteiger charge is -2.15. The van der Waals surface area contributed by atoms with Crippen molar-refractivity contribution in [2.75, 3.05) is 0 Å². The summed E-state index contributed by atoms with van der Waals surface area (Å²) in [4.78, 5) is 23.2. The van der Waals surface area contributed by atoms with Crippen LogP contribution < -0.4 is 10.6 Å². The third-order valence-electron chi connectivity index (χ3n) is 3.17. The molecule has 0 aromatic heterocycles. The van der Waals surface area contributed by atoms with Crippen molar-refractivity contribution in [3.05, 3.63) is 46.6 Å². The van der Waals surface area contributed by atoms with Crippen LogP contribution >= 0.6 is 11.6 Å². The second kappa shape index (κ2) is 9.58. The van der Waals surface area contributed by atoms with E-state index in [0.29, 0.717) is 11.4 Å². The van der Waals surface area contributed by atoms with Gasteiger partial charge in [0.1, 0.15) is 17.7 Å². The van der Waals surface area contributed by atoms with Gasteiger partial charge in [-0.25, -0.2) is 4.79 Å². The Morgan fingerprint density at radius 3 is 2.46 bits per heavy atom. The van der Waals surface area contributed by atoms with E-state index in [1.54, 1.807) is 30.3 Å². The number of nitrogens with zero attached hydrogens (tertiary/aromatic N) is 1. The molecule has 0 saturated heterocycles. The van der Waals surface area contributed by atoms with Gasteiger partial charge < -0.3 is 15.7 Å². The number of benzene rings is 1. The fraction of sp³-hybridized carbons (Fsp3) is 0.353. The number of nitrogens with one attached hydrogen (secondary N) is 2. The number of amides is 1. The molecule has 0 fully saturated rings. The summed E-state index contributed by atoms with van der Waals surface area (Å²) in [6.07, 6.45) is 1.54. The van der Waals surface area contributed by atoms with Crippen molar-refractivity contribution < 1.29 is 14.7 Å². The fourth-order valence-electron chi connectivity index (χ4n) is 1.92. The third-order valence-corrected chi connectivity index (χ3v) is 3.42. The Morgan fingerprint density at radius 2 is 1.96 bits per heavy atom. The van der Waals surface area contributed by atoms with Gasteiger partial charge in [0.25, 0.3) is 5.91 Å². The number of halogens is 1. The van der Waals surface area contributed by atoms with Crippen LogP contribution in [0.5, 0.6) is 0 Å². The van der Waals surface area contributed by atoms with E-state index >= 15 is 0 Å². The van der Waals surface area contributed by atoms with E-state index in [-0.39, 0.29) is 18.0 Å². The molecule has 0 aliphatic carbocycles. The Hall–Kier alpha value is -2.52. The van der Waals surface area contributed by atoms with E-state index in [9.17, 15) is 9.59 Å². The predicted octanol–water partition coefficient (Wildman–Crippen LogP) is 2.45. The fourth-order valence-corrected chi connectivity index (χ4v) is 2.05. The number of hydrogen-bond acceptors (Lipinski definition) is 4. The number of rotatable bonds is 8. The van der Waals surface area contributed by atoms with Gasteiger partial charge in [0, 0.05) is 17.8 Å². The molecular weight excluding hydrogens is 330 g/mol. The molecule has 0 saturated carbocycles. The molecule has 7 heteroatoms. The molecule has 1 atom stereocenters. The predicted molar refractivity (Wildman–Crippen MR) is 91.0 cm³/mol. The van der Waals surface area contributed by atoms with Crippen LogP contribution in [-0.4, -0.2) is 23.0 Å². The van der Waals surface area contributed by atoms with Gasteiger partial charge in [-0.05, 0) is 30.0 Å². The molecule has 0 bridgehead atoms. The van der Waals surface area contributed by atoms with Crippen LogP contribution in [0.15, 0.2) is 36.0 Å². The van der Waals surface area contributed by atoms with Crippen LogP contribution in [-0.2, 0) is 16.1 Å². The molecule has 1 aromatic carbocycles. The summed E-state index contributed by atoms with van der Waals surface area (Å²) < 4.78 is 0. The Bertz CT molecular complexity index is 648. The number of aliphatic carboxylic acids is 1. The summed E-state index contributed by atoms with van der Waals surface area (Å²) in [5.41, 5.74) is 0.653. The SMILES string of the molecule is CC(C)CC(N/C=C(/C#N)C(=O)NCc1ccc(Cl)cc1)C(=O)O. The molecule has 1 unspecified atom stereocenters. The van der Waals surface area contributed by atoms with E-state index in [0.717, 1.165) is 11.8 Å². The van der Waals surface area contributed by atoms with Gasteiger partial charge in [-0.1, -0.05) is 37.6 Å². The van der Waals surface area contributed by atoms with E-state index in [2.05, 4.69) is 10.6 Å². The van der Waals surface area contributed by atoms with Gasteiger partial charge in [0.05, 0.1) is 0 Å². The summed E-state index contributed by atoms with van der Waals surface area (Å²) in [6.45, 7) is 4.03. The van der Waals surface area contributed by atoms with Crippen LogP contribution in [0, 0.1) is 17.2 Å². The Balaban J connectivity index is 2.66. The average molecular weight is 350 g/mol. The Morgan fingerprint density at radius 1 is 1.33 bits per heavy atom. The maximum Gasteiger partial charge on any atom is 0.326 e. The summed E-state index contributed by atoms with van der Waals surface area (Å²) in [6, 6.07) is 7.85. The molecule has 24 heavy (non-hydrogen) atoms. The number of hydrogen-bond donors (Lipinski definition) is 3. The molecule has 6 nitrogen and oxygen atoms in total. The number of carbonyl (C=O) groups excluding carboxylic acids is 1. The van der Waals surface area contributed by atoms with Crippen molar-refractivity contribution in [2.45, 2.75) is 32.9 Å². The van der Waals surface area contributed by atoms with E-state index in [4.69, 9.17) is 22.0 Å². The molecule has 0 aliphatic heterocycles. The van der Waals surface area contributed by atoms with Crippen LogP contribution in [0.1, 0.15) is 25.8 Å². The minimum atomic E-state index is -1.03. The van der Waals surface area contributed by atoms with Gasteiger partial charge in [-0.3, -0.25) is 4.79 Å². The molecule has 0 heterocycles. The molecule has 0 aliphatic rings. The topological polar surface area (TPSA) is 102 Å². The van der Waals surface area contributed by atoms with Gasteiger partial charge in [0.15, 0.2) is 0 Å². The largest absolute Gasteiger partial charge is 0.480 e. The minimum Gasteiger partial charge on any atom is -0.480 e. The lowest BCUT2D eigenvalue weighted by Crippen LogP contribution is -2.35. The average Bonchev–Trinajstić information content (AvgIpc) is 2.53. The summed E-state index contributed by atoms with van der Waals surface area (Å²) in [7, 11) is 0. The summed E-state index contributed by atoms with van der Waals surface area (Å²) in [5.74, 6) is -1.44. The van der Waals surface area contributed by atoms with Crippen molar-refractivity contribution in [2.24, 2.45) is 5.92 Å². The molecule has 3 N–H and O–H groups in total. The highest BCUT2D eigenvalue weighted by Crippen LogP contribution is 2.09. The first kappa shape index (κ1) is 19.5. The van der Waals surface area contributed by atoms with Crippen LogP contribution in [0.3, 0.4) is 0 Å². The first-order valence-corrected chi connectivity index (χ1v) is 7.83. The standard InChI is InChI=1S/C17H20ClN3O3/c1-11(2)7-15(17(23)24)20-10-13(8-19)16(22)21-9-12-3-5-14(18)6-4-12/h3-6,10-11,15,20H,7,9H2,1-2H3,(H,21,22)(H,23,24)/b13-10-. The quantitative estimate of drug-likeness (QED) is 0.494. The van der Waals surface area contributed by atoms with Gasteiger partial charge >= 0.3 is 5.97 Å². The lowest BCUT2D eigenvalue weighted by atomic mass is 10.0. The minimum absolute atomic E-state index is 0.163. The number of carbonyl (C=O) groups is 2. The van der Waals surface area contributed by atoms with Crippen LogP contribution in [0.25, 0.3) is 0 Å². The van der Waals surface area contributed by atoms with Crippen molar-refractivity contribution in [1.29, 1.82) is 5.26 Å². The maximum atomic E-state index is 12.0. The van der Waals surface area contributed by atoms with Crippen molar-refractivity contribution in [3.63, 3.8) is 0 Å². The smallest absolute Gasteiger partial charge is 0.326 e. The highest BCUT2D eigenvalue weighted by atomic mass is 35.5. The zero-order valence-corrected chi connectivity index (χ0v) is 14.3. The molecule has 1 rings (SSSR count). The summed E-state index contributed by atoms with van der Waals surface area (Å²) in [5, 5.41) is 24.0. The van der Waals surface area contributed by atoms with E-state index in [1.165, 1.54) is 0 Å². The molecule has 1 amide bonds. The first-order chi connectivity index (χ1) is 11.3. The third kappa shape index (κ3) is 6.71. The monoisotopic (exact) mass is 349 g/mol. The zero-order valence-electron chi connectivity index (χ0n) is 13.5. The second-order valence-corrected chi connectivity index (χ2v) is 6.10. The Kier molecular flexibility index (Phi) is 7.80. The molecular formula is C17H20ClN3O3. The summed E-state index contributed by atoms with van der Waals surface area (Å²) >= 11 is 5.78. The molecule has 1 aromatic rings. The highest BCUT2D eigenvalue weighted by Gasteiger charge is 2.18. The first-order valence-electron chi connectivity index (χ1n) is 7.45. The number of nitriles is 1. The van der Waals surface area contributed by atoms with Crippen LogP contribution in [0.2, 0.25) is 5.02 Å². The van der Waals surface area contributed by atoms with Crippen molar-refractivity contribution in [1.82, 2.24) is 10.6 Å². The van der Waals surface area contributed by atoms with Gasteiger partial charge in [0.2, 0.25) is 0 Å². The lowest BCUT2D eigenvalue weighted by molar-refractivity contribution is -0.139. The number of carboxylic acid groups (broad SMARTS) is 1. The van der Waals surface area contributed by atoms with Crippen molar-refractivity contribution in [3.8, 4) is 6.07 Å².